The average Bonchev–Trinajstić information content (AvgIpc) is 3.16. The van der Waals surface area contributed by atoms with Gasteiger partial charge < -0.3 is 4.42 Å². The van der Waals surface area contributed by atoms with Crippen LogP contribution in [0.15, 0.2) is 83.4 Å². The number of rotatable bonds is 4. The van der Waals surface area contributed by atoms with Crippen LogP contribution >= 0.6 is 0 Å². The molecule has 2 nitrogen and oxygen atoms in total. The lowest BCUT2D eigenvalue weighted by Crippen LogP contribution is -1.90. The minimum Gasteiger partial charge on any atom is -0.456 e. The zero-order valence-electron chi connectivity index (χ0n) is 18.5. The minimum atomic E-state index is 0.371. The fourth-order valence-electron chi connectivity index (χ4n) is 4.25. The summed E-state index contributed by atoms with van der Waals surface area (Å²) < 4.78 is 6.45. The van der Waals surface area contributed by atoms with Gasteiger partial charge in [-0.1, -0.05) is 64.1 Å². The molecule has 0 aliphatic rings. The van der Waals surface area contributed by atoms with Gasteiger partial charge in [0.1, 0.15) is 11.2 Å². The molecule has 31 heavy (non-hydrogen) atoms. The van der Waals surface area contributed by atoms with Gasteiger partial charge >= 0.3 is 0 Å². The van der Waals surface area contributed by atoms with Gasteiger partial charge in [0.2, 0.25) is 0 Å². The summed E-state index contributed by atoms with van der Waals surface area (Å²) in [6.45, 7) is 8.87. The third-order valence-electron chi connectivity index (χ3n) is 6.08. The molecule has 0 amide bonds. The molecule has 0 aliphatic heterocycles. The normalized spacial score (nSPS) is 11.8. The number of furan rings is 1. The Hall–Kier alpha value is -3.39. The van der Waals surface area contributed by atoms with Crippen LogP contribution in [0, 0.1) is 0 Å². The molecule has 0 saturated carbocycles. The van der Waals surface area contributed by atoms with E-state index in [9.17, 15) is 0 Å². The van der Waals surface area contributed by atoms with Crippen molar-refractivity contribution in [2.75, 3.05) is 0 Å². The Labute approximate surface area is 183 Å². The molecule has 0 aliphatic carbocycles. The van der Waals surface area contributed by atoms with Crippen molar-refractivity contribution in [3.05, 3.63) is 90.1 Å². The predicted molar refractivity (Wildman–Crippen MR) is 131 cm³/mol. The van der Waals surface area contributed by atoms with E-state index < -0.39 is 0 Å². The van der Waals surface area contributed by atoms with E-state index in [4.69, 9.17) is 4.42 Å². The summed E-state index contributed by atoms with van der Waals surface area (Å²) in [7, 11) is 0. The van der Waals surface area contributed by atoms with Crippen molar-refractivity contribution in [3.63, 3.8) is 0 Å². The van der Waals surface area contributed by atoms with Crippen molar-refractivity contribution < 1.29 is 4.42 Å². The largest absolute Gasteiger partial charge is 0.456 e. The maximum Gasteiger partial charge on any atom is 0.138 e. The first kappa shape index (κ1) is 19.6. The van der Waals surface area contributed by atoms with Crippen molar-refractivity contribution in [2.45, 2.75) is 39.5 Å². The van der Waals surface area contributed by atoms with Gasteiger partial charge in [-0.2, -0.15) is 0 Å². The minimum absolute atomic E-state index is 0.371. The Morgan fingerprint density at radius 2 is 1.48 bits per heavy atom. The SMILES string of the molecule is CC(C)c1ccnc(-c2ccc3c(c2)oc2c(C(C)C)cc(-c4ccccc4)cc23)c1. The molecule has 0 unspecified atom stereocenters. The number of hydrogen-bond donors (Lipinski definition) is 0. The second kappa shape index (κ2) is 7.70. The summed E-state index contributed by atoms with van der Waals surface area (Å²) in [6, 6.07) is 25.9. The molecular formula is C29H27NO. The molecule has 0 N–H and O–H groups in total. The molecule has 5 rings (SSSR count). The molecule has 0 saturated heterocycles. The molecule has 3 aromatic carbocycles. The summed E-state index contributed by atoms with van der Waals surface area (Å²) in [5.74, 6) is 0.845. The van der Waals surface area contributed by atoms with E-state index in [1.54, 1.807) is 0 Å². The Bertz CT molecular complexity index is 1380. The highest BCUT2D eigenvalue weighted by Crippen LogP contribution is 2.39. The van der Waals surface area contributed by atoms with E-state index in [1.807, 2.05) is 6.20 Å². The second-order valence-corrected chi connectivity index (χ2v) is 8.91. The lowest BCUT2D eigenvalue weighted by atomic mass is 9.94. The molecule has 0 radical (unpaired) electrons. The number of pyridine rings is 1. The summed E-state index contributed by atoms with van der Waals surface area (Å²) in [5.41, 5.74) is 8.98. The third-order valence-corrected chi connectivity index (χ3v) is 6.08. The van der Waals surface area contributed by atoms with Gasteiger partial charge in [-0.3, -0.25) is 4.98 Å². The fourth-order valence-corrected chi connectivity index (χ4v) is 4.25. The van der Waals surface area contributed by atoms with Crippen LogP contribution in [0.2, 0.25) is 0 Å². The average molecular weight is 406 g/mol. The molecule has 0 spiro atoms. The van der Waals surface area contributed by atoms with Gasteiger partial charge in [0.05, 0.1) is 5.69 Å². The number of benzene rings is 3. The Kier molecular flexibility index (Phi) is 4.86. The van der Waals surface area contributed by atoms with E-state index >= 15 is 0 Å². The quantitative estimate of drug-likeness (QED) is 0.299. The van der Waals surface area contributed by atoms with Crippen LogP contribution < -0.4 is 0 Å². The van der Waals surface area contributed by atoms with Crippen LogP contribution in [0.25, 0.3) is 44.3 Å². The first-order chi connectivity index (χ1) is 15.0. The summed E-state index contributed by atoms with van der Waals surface area (Å²) >= 11 is 0. The smallest absolute Gasteiger partial charge is 0.138 e. The van der Waals surface area contributed by atoms with Gasteiger partial charge in [0.15, 0.2) is 0 Å². The van der Waals surface area contributed by atoms with E-state index in [-0.39, 0.29) is 0 Å². The van der Waals surface area contributed by atoms with E-state index in [2.05, 4.69) is 105 Å². The molecule has 2 heteroatoms. The number of hydrogen-bond acceptors (Lipinski definition) is 2. The van der Waals surface area contributed by atoms with Crippen molar-refractivity contribution in [3.8, 4) is 22.4 Å². The lowest BCUT2D eigenvalue weighted by Gasteiger charge is -2.10. The first-order valence-corrected chi connectivity index (χ1v) is 11.0. The van der Waals surface area contributed by atoms with Crippen molar-refractivity contribution in [1.82, 2.24) is 4.98 Å². The number of nitrogens with zero attached hydrogens (tertiary/aromatic N) is 1. The standard InChI is InChI=1S/C29H27NO/c1-18(2)21-12-13-30-27(16-21)22-10-11-24-26-15-23(20-8-6-5-7-9-20)14-25(19(3)4)29(26)31-28(24)17-22/h5-19H,1-4H3. The fraction of sp³-hybridized carbons (Fsp3) is 0.207. The van der Waals surface area contributed by atoms with Crippen LogP contribution in [-0.4, -0.2) is 4.98 Å². The molecule has 2 aromatic heterocycles. The predicted octanol–water partition coefficient (Wildman–Crippen LogP) is 8.56. The Balaban J connectivity index is 1.71. The van der Waals surface area contributed by atoms with E-state index in [1.165, 1.54) is 27.6 Å². The highest BCUT2D eigenvalue weighted by Gasteiger charge is 2.16. The number of aromatic nitrogens is 1. The zero-order valence-corrected chi connectivity index (χ0v) is 18.5. The van der Waals surface area contributed by atoms with Crippen molar-refractivity contribution in [1.29, 1.82) is 0 Å². The maximum atomic E-state index is 6.45. The van der Waals surface area contributed by atoms with Crippen LogP contribution in [0.5, 0.6) is 0 Å². The second-order valence-electron chi connectivity index (χ2n) is 8.91. The van der Waals surface area contributed by atoms with Crippen LogP contribution in [0.3, 0.4) is 0 Å². The van der Waals surface area contributed by atoms with Gasteiger partial charge in [-0.25, -0.2) is 0 Å². The maximum absolute atomic E-state index is 6.45. The molecule has 2 heterocycles. The van der Waals surface area contributed by atoms with Crippen molar-refractivity contribution >= 4 is 21.9 Å². The Morgan fingerprint density at radius 3 is 2.23 bits per heavy atom. The molecule has 0 atom stereocenters. The monoisotopic (exact) mass is 405 g/mol. The van der Waals surface area contributed by atoms with Gasteiger partial charge in [0, 0.05) is 22.5 Å². The number of fused-ring (bicyclic) bond motifs is 3. The zero-order chi connectivity index (χ0) is 21.5. The molecule has 154 valence electrons. The van der Waals surface area contributed by atoms with Gasteiger partial charge in [-0.05, 0) is 70.5 Å². The summed E-state index contributed by atoms with van der Waals surface area (Å²) in [6.07, 6.45) is 1.90. The highest BCUT2D eigenvalue weighted by atomic mass is 16.3. The van der Waals surface area contributed by atoms with Crippen LogP contribution in [-0.2, 0) is 0 Å². The summed E-state index contributed by atoms with van der Waals surface area (Å²) in [4.78, 5) is 4.61. The Morgan fingerprint density at radius 1 is 0.677 bits per heavy atom. The molecule has 0 bridgehead atoms. The molecule has 0 fully saturated rings. The topological polar surface area (TPSA) is 26.0 Å². The van der Waals surface area contributed by atoms with E-state index in [0.29, 0.717) is 11.8 Å². The van der Waals surface area contributed by atoms with E-state index in [0.717, 1.165) is 27.8 Å². The molecule has 5 aromatic rings. The highest BCUT2D eigenvalue weighted by molar-refractivity contribution is 6.08. The summed E-state index contributed by atoms with van der Waals surface area (Å²) in [5, 5.41) is 2.33. The van der Waals surface area contributed by atoms with Crippen LogP contribution in [0.1, 0.15) is 50.7 Å². The van der Waals surface area contributed by atoms with Crippen molar-refractivity contribution in [2.24, 2.45) is 0 Å². The van der Waals surface area contributed by atoms with Gasteiger partial charge in [0.25, 0.3) is 0 Å². The van der Waals surface area contributed by atoms with Crippen LogP contribution in [0.4, 0.5) is 0 Å². The lowest BCUT2D eigenvalue weighted by molar-refractivity contribution is 0.657. The molecular weight excluding hydrogens is 378 g/mol. The van der Waals surface area contributed by atoms with Gasteiger partial charge in [-0.15, -0.1) is 0 Å². The third kappa shape index (κ3) is 3.53. The first-order valence-electron chi connectivity index (χ1n) is 11.0.